The Labute approximate surface area is 117 Å². The maximum Gasteiger partial charge on any atom is 0.0425 e. The molecule has 96 valence electrons. The fourth-order valence-electron chi connectivity index (χ4n) is 1.80. The third-order valence-corrected chi connectivity index (χ3v) is 4.24. The number of nitrogens with zero attached hydrogens (tertiary/aromatic N) is 1. The van der Waals surface area contributed by atoms with Crippen molar-refractivity contribution in [3.05, 3.63) is 28.2 Å². The maximum absolute atomic E-state index is 6.03. The normalized spacial score (nSPS) is 14.5. The van der Waals surface area contributed by atoms with Crippen LogP contribution in [0, 0.1) is 0 Å². The van der Waals surface area contributed by atoms with Crippen molar-refractivity contribution < 1.29 is 0 Å². The Morgan fingerprint density at radius 1 is 1.41 bits per heavy atom. The smallest absolute Gasteiger partial charge is 0.0425 e. The second-order valence-corrected chi connectivity index (χ2v) is 6.23. The molecule has 0 amide bonds. The molecule has 1 aromatic carbocycles. The first-order valence-corrected chi connectivity index (χ1v) is 7.92. The van der Waals surface area contributed by atoms with E-state index in [0.717, 1.165) is 10.2 Å². The van der Waals surface area contributed by atoms with Gasteiger partial charge in [-0.2, -0.15) is 11.8 Å². The predicted molar refractivity (Wildman–Crippen MR) is 83.0 cm³/mol. The Balaban J connectivity index is 3.05. The van der Waals surface area contributed by atoms with E-state index >= 15 is 0 Å². The van der Waals surface area contributed by atoms with Gasteiger partial charge < -0.3 is 10.6 Å². The van der Waals surface area contributed by atoms with Crippen molar-refractivity contribution in [2.45, 2.75) is 25.9 Å². The highest BCUT2D eigenvalue weighted by atomic mass is 79.9. The Kier molecular flexibility index (Phi) is 5.83. The van der Waals surface area contributed by atoms with Crippen molar-refractivity contribution in [2.75, 3.05) is 24.0 Å². The SMILES string of the molecule is CSCC(C)N(C)c1cc(Br)ccc1C(C)N. The van der Waals surface area contributed by atoms with Crippen molar-refractivity contribution in [2.24, 2.45) is 5.73 Å². The molecule has 0 bridgehead atoms. The van der Waals surface area contributed by atoms with Crippen molar-refractivity contribution in [3.63, 3.8) is 0 Å². The standard InChI is InChI=1S/C13H21BrN2S/c1-9(8-17-4)16(3)13-7-11(14)5-6-12(13)10(2)15/h5-7,9-10H,8,15H2,1-4H3. The van der Waals surface area contributed by atoms with E-state index in [9.17, 15) is 0 Å². The maximum atomic E-state index is 6.03. The van der Waals surface area contributed by atoms with Gasteiger partial charge in [-0.3, -0.25) is 0 Å². The van der Waals surface area contributed by atoms with Crippen LogP contribution in [0.5, 0.6) is 0 Å². The zero-order valence-electron chi connectivity index (χ0n) is 10.9. The Morgan fingerprint density at radius 2 is 2.06 bits per heavy atom. The number of benzene rings is 1. The first kappa shape index (κ1) is 14.9. The molecule has 0 saturated heterocycles. The molecule has 0 radical (unpaired) electrons. The lowest BCUT2D eigenvalue weighted by molar-refractivity contribution is 0.742. The van der Waals surface area contributed by atoms with Crippen LogP contribution in [0.1, 0.15) is 25.5 Å². The number of halogens is 1. The molecule has 0 saturated carbocycles. The van der Waals surface area contributed by atoms with E-state index in [-0.39, 0.29) is 6.04 Å². The molecule has 4 heteroatoms. The molecule has 17 heavy (non-hydrogen) atoms. The number of thioether (sulfide) groups is 1. The summed E-state index contributed by atoms with van der Waals surface area (Å²) in [6.45, 7) is 4.27. The summed E-state index contributed by atoms with van der Waals surface area (Å²) in [4.78, 5) is 2.31. The molecule has 0 fully saturated rings. The first-order valence-electron chi connectivity index (χ1n) is 5.74. The zero-order chi connectivity index (χ0) is 13.0. The van der Waals surface area contributed by atoms with Crippen molar-refractivity contribution in [1.82, 2.24) is 0 Å². The van der Waals surface area contributed by atoms with Gasteiger partial charge in [0.15, 0.2) is 0 Å². The number of rotatable bonds is 5. The van der Waals surface area contributed by atoms with Crippen LogP contribution in [-0.2, 0) is 0 Å². The highest BCUT2D eigenvalue weighted by Crippen LogP contribution is 2.29. The summed E-state index contributed by atoms with van der Waals surface area (Å²) in [5.41, 5.74) is 8.45. The second-order valence-electron chi connectivity index (χ2n) is 4.41. The van der Waals surface area contributed by atoms with E-state index in [1.54, 1.807) is 0 Å². The van der Waals surface area contributed by atoms with Crippen LogP contribution in [0.2, 0.25) is 0 Å². The van der Waals surface area contributed by atoms with E-state index in [4.69, 9.17) is 5.73 Å². The summed E-state index contributed by atoms with van der Waals surface area (Å²) in [5, 5.41) is 0. The third kappa shape index (κ3) is 3.90. The lowest BCUT2D eigenvalue weighted by Gasteiger charge is -2.29. The minimum absolute atomic E-state index is 0.0574. The van der Waals surface area contributed by atoms with Gasteiger partial charge in [-0.1, -0.05) is 22.0 Å². The summed E-state index contributed by atoms with van der Waals surface area (Å²) in [5.74, 6) is 1.11. The molecule has 2 unspecified atom stereocenters. The van der Waals surface area contributed by atoms with Crippen LogP contribution in [0.3, 0.4) is 0 Å². The Hall–Kier alpha value is -0.190. The molecular formula is C13H21BrN2S. The van der Waals surface area contributed by atoms with Crippen LogP contribution in [-0.4, -0.2) is 25.1 Å². The Bertz CT molecular complexity index is 368. The molecule has 2 atom stereocenters. The summed E-state index contributed by atoms with van der Waals surface area (Å²) in [6, 6.07) is 6.86. The molecule has 0 heterocycles. The number of hydrogen-bond acceptors (Lipinski definition) is 3. The number of anilines is 1. The average Bonchev–Trinajstić information content (AvgIpc) is 2.27. The summed E-state index contributed by atoms with van der Waals surface area (Å²) >= 11 is 5.40. The highest BCUT2D eigenvalue weighted by Gasteiger charge is 2.15. The quantitative estimate of drug-likeness (QED) is 0.899. The molecule has 1 aromatic rings. The largest absolute Gasteiger partial charge is 0.371 e. The van der Waals surface area contributed by atoms with E-state index in [1.807, 2.05) is 18.7 Å². The van der Waals surface area contributed by atoms with E-state index < -0.39 is 0 Å². The minimum atomic E-state index is 0.0574. The third-order valence-electron chi connectivity index (χ3n) is 2.93. The molecule has 1 rings (SSSR count). The van der Waals surface area contributed by atoms with E-state index in [0.29, 0.717) is 6.04 Å². The van der Waals surface area contributed by atoms with Crippen LogP contribution in [0.25, 0.3) is 0 Å². The van der Waals surface area contributed by atoms with Gasteiger partial charge in [0, 0.05) is 35.0 Å². The molecule has 2 N–H and O–H groups in total. The molecule has 0 spiro atoms. The van der Waals surface area contributed by atoms with Crippen LogP contribution < -0.4 is 10.6 Å². The van der Waals surface area contributed by atoms with Gasteiger partial charge in [0.1, 0.15) is 0 Å². The number of hydrogen-bond donors (Lipinski definition) is 1. The van der Waals surface area contributed by atoms with E-state index in [1.165, 1.54) is 11.3 Å². The van der Waals surface area contributed by atoms with Crippen LogP contribution >= 0.6 is 27.7 Å². The van der Waals surface area contributed by atoms with Gasteiger partial charge in [0.2, 0.25) is 0 Å². The second kappa shape index (κ2) is 6.66. The average molecular weight is 317 g/mol. The summed E-state index contributed by atoms with van der Waals surface area (Å²) < 4.78 is 1.10. The first-order chi connectivity index (χ1) is 7.97. The number of nitrogens with two attached hydrogens (primary N) is 1. The lowest BCUT2D eigenvalue weighted by Crippen LogP contribution is -2.32. The van der Waals surface area contributed by atoms with Gasteiger partial charge in [-0.25, -0.2) is 0 Å². The van der Waals surface area contributed by atoms with Gasteiger partial charge >= 0.3 is 0 Å². The molecular weight excluding hydrogens is 296 g/mol. The van der Waals surface area contributed by atoms with Crippen molar-refractivity contribution >= 4 is 33.4 Å². The zero-order valence-corrected chi connectivity index (χ0v) is 13.3. The van der Waals surface area contributed by atoms with E-state index in [2.05, 4.69) is 59.3 Å². The minimum Gasteiger partial charge on any atom is -0.371 e. The summed E-state index contributed by atoms with van der Waals surface area (Å²) in [7, 11) is 2.13. The van der Waals surface area contributed by atoms with Gasteiger partial charge in [-0.05, 0) is 37.8 Å². The molecule has 0 aromatic heterocycles. The van der Waals surface area contributed by atoms with Gasteiger partial charge in [0.05, 0.1) is 0 Å². The molecule has 2 nitrogen and oxygen atoms in total. The van der Waals surface area contributed by atoms with Crippen molar-refractivity contribution in [3.8, 4) is 0 Å². The lowest BCUT2D eigenvalue weighted by atomic mass is 10.1. The van der Waals surface area contributed by atoms with Crippen LogP contribution in [0.4, 0.5) is 5.69 Å². The highest BCUT2D eigenvalue weighted by molar-refractivity contribution is 9.10. The Morgan fingerprint density at radius 3 is 2.59 bits per heavy atom. The molecule has 0 aliphatic carbocycles. The monoisotopic (exact) mass is 316 g/mol. The fourth-order valence-corrected chi connectivity index (χ4v) is 2.85. The topological polar surface area (TPSA) is 29.3 Å². The van der Waals surface area contributed by atoms with Gasteiger partial charge in [-0.15, -0.1) is 0 Å². The van der Waals surface area contributed by atoms with Gasteiger partial charge in [0.25, 0.3) is 0 Å². The fraction of sp³-hybridized carbons (Fsp3) is 0.538. The van der Waals surface area contributed by atoms with Crippen LogP contribution in [0.15, 0.2) is 22.7 Å². The summed E-state index contributed by atoms with van der Waals surface area (Å²) in [6.07, 6.45) is 2.14. The molecule has 0 aliphatic heterocycles. The predicted octanol–water partition coefficient (Wildman–Crippen LogP) is 3.66. The van der Waals surface area contributed by atoms with Crippen molar-refractivity contribution in [1.29, 1.82) is 0 Å². The molecule has 0 aliphatic rings.